The first-order valence-electron chi connectivity index (χ1n) is 4.74. The minimum absolute atomic E-state index is 0.0918. The van der Waals surface area contributed by atoms with Crippen LogP contribution in [0.4, 0.5) is 0 Å². The minimum Gasteiger partial charge on any atom is -0.381 e. The quantitative estimate of drug-likeness (QED) is 0.542. The molecule has 0 aliphatic rings. The lowest BCUT2D eigenvalue weighted by molar-refractivity contribution is 0.116. The zero-order valence-electron chi connectivity index (χ0n) is 8.99. The fourth-order valence-electron chi connectivity index (χ4n) is 1.03. The van der Waals surface area contributed by atoms with Crippen LogP contribution in [0.5, 0.6) is 0 Å². The molecule has 1 unspecified atom stereocenters. The van der Waals surface area contributed by atoms with E-state index in [9.17, 15) is 0 Å². The van der Waals surface area contributed by atoms with Crippen molar-refractivity contribution in [1.29, 1.82) is 0 Å². The second-order valence-electron chi connectivity index (χ2n) is 3.16. The van der Waals surface area contributed by atoms with Gasteiger partial charge >= 0.3 is 0 Å². The lowest BCUT2D eigenvalue weighted by Crippen LogP contribution is -2.13. The van der Waals surface area contributed by atoms with Gasteiger partial charge in [0.1, 0.15) is 0 Å². The molecular weight excluding hydrogens is 194 g/mol. The third-order valence-electron chi connectivity index (χ3n) is 1.89. The summed E-state index contributed by atoms with van der Waals surface area (Å²) in [5, 5.41) is 6.79. The van der Waals surface area contributed by atoms with Crippen LogP contribution >= 0.6 is 0 Å². The first-order valence-corrected chi connectivity index (χ1v) is 4.74. The van der Waals surface area contributed by atoms with Gasteiger partial charge in [-0.05, 0) is 6.92 Å². The molecule has 0 aliphatic carbocycles. The van der Waals surface area contributed by atoms with Gasteiger partial charge in [0.2, 0.25) is 5.89 Å². The number of aromatic nitrogens is 2. The maximum atomic E-state index is 5.10. The molecule has 1 aromatic heterocycles. The molecule has 0 amide bonds. The zero-order valence-corrected chi connectivity index (χ0v) is 8.99. The molecule has 0 fully saturated rings. The molecule has 0 saturated carbocycles. The number of nitrogens with one attached hydrogen (secondary N) is 1. The van der Waals surface area contributed by atoms with E-state index in [0.29, 0.717) is 31.2 Å². The highest BCUT2D eigenvalue weighted by atomic mass is 16.5. The molecule has 5 heteroatoms. The molecule has 0 aromatic carbocycles. The van der Waals surface area contributed by atoms with Gasteiger partial charge in [0, 0.05) is 13.5 Å². The van der Waals surface area contributed by atoms with Crippen molar-refractivity contribution in [2.45, 2.75) is 26.0 Å². The number of methoxy groups -OCH3 is 1. The summed E-state index contributed by atoms with van der Waals surface area (Å²) in [7, 11) is 1.65. The summed E-state index contributed by atoms with van der Waals surface area (Å²) in [6, 6.07) is 0. The van der Waals surface area contributed by atoms with Crippen molar-refractivity contribution in [2.75, 3.05) is 13.7 Å². The highest BCUT2D eigenvalue weighted by Gasteiger charge is 2.09. The number of terminal acetylenes is 1. The van der Waals surface area contributed by atoms with E-state index in [4.69, 9.17) is 15.7 Å². The van der Waals surface area contributed by atoms with Crippen LogP contribution in [0.1, 0.15) is 18.6 Å². The van der Waals surface area contributed by atoms with Crippen LogP contribution in [0, 0.1) is 12.3 Å². The lowest BCUT2D eigenvalue weighted by atomic mass is 10.3. The predicted octanol–water partition coefficient (Wildman–Crippen LogP) is 0.370. The Hall–Kier alpha value is -1.38. The molecule has 1 aromatic rings. The number of rotatable bonds is 6. The number of hydrogen-bond donors (Lipinski definition) is 1. The van der Waals surface area contributed by atoms with Crippen molar-refractivity contribution in [1.82, 2.24) is 15.5 Å². The largest absolute Gasteiger partial charge is 0.381 e. The Labute approximate surface area is 89.2 Å². The molecule has 1 N–H and O–H groups in total. The Balaban J connectivity index is 2.39. The summed E-state index contributed by atoms with van der Waals surface area (Å²) in [5.74, 6) is 3.66. The second kappa shape index (κ2) is 6.17. The van der Waals surface area contributed by atoms with E-state index in [0.717, 1.165) is 0 Å². The average Bonchev–Trinajstić information content (AvgIpc) is 2.66. The summed E-state index contributed by atoms with van der Waals surface area (Å²) in [4.78, 5) is 4.18. The van der Waals surface area contributed by atoms with E-state index in [2.05, 4.69) is 21.4 Å². The van der Waals surface area contributed by atoms with E-state index >= 15 is 0 Å². The summed E-state index contributed by atoms with van der Waals surface area (Å²) in [6.45, 7) is 2.94. The van der Waals surface area contributed by atoms with E-state index in [1.165, 1.54) is 0 Å². The SMILES string of the molecule is C#CCNCc1nc(CC(C)OC)no1. The van der Waals surface area contributed by atoms with Crippen molar-refractivity contribution < 1.29 is 9.26 Å². The predicted molar refractivity (Wildman–Crippen MR) is 55.0 cm³/mol. The molecule has 0 bridgehead atoms. The smallest absolute Gasteiger partial charge is 0.240 e. The van der Waals surface area contributed by atoms with Crippen LogP contribution < -0.4 is 5.32 Å². The third-order valence-corrected chi connectivity index (χ3v) is 1.89. The van der Waals surface area contributed by atoms with Gasteiger partial charge in [0.25, 0.3) is 0 Å². The number of hydrogen-bond acceptors (Lipinski definition) is 5. The van der Waals surface area contributed by atoms with Crippen molar-refractivity contribution in [3.05, 3.63) is 11.7 Å². The molecule has 0 radical (unpaired) electrons. The van der Waals surface area contributed by atoms with Gasteiger partial charge in [-0.2, -0.15) is 4.98 Å². The van der Waals surface area contributed by atoms with Gasteiger partial charge in [-0.25, -0.2) is 0 Å². The summed E-state index contributed by atoms with van der Waals surface area (Å²) >= 11 is 0. The average molecular weight is 209 g/mol. The topological polar surface area (TPSA) is 60.2 Å². The molecule has 0 spiro atoms. The Morgan fingerprint density at radius 3 is 3.13 bits per heavy atom. The van der Waals surface area contributed by atoms with Gasteiger partial charge < -0.3 is 9.26 Å². The van der Waals surface area contributed by atoms with Gasteiger partial charge in [-0.3, -0.25) is 5.32 Å². The summed E-state index contributed by atoms with van der Waals surface area (Å²) in [6.07, 6.45) is 5.83. The van der Waals surface area contributed by atoms with Crippen LogP contribution in [0.25, 0.3) is 0 Å². The van der Waals surface area contributed by atoms with E-state index in [1.807, 2.05) is 6.92 Å². The fraction of sp³-hybridized carbons (Fsp3) is 0.600. The van der Waals surface area contributed by atoms with E-state index in [-0.39, 0.29) is 6.10 Å². The molecule has 15 heavy (non-hydrogen) atoms. The van der Waals surface area contributed by atoms with Crippen molar-refractivity contribution in [3.63, 3.8) is 0 Å². The standard InChI is InChI=1S/C10H15N3O2/c1-4-5-11-7-10-12-9(13-15-10)6-8(2)14-3/h1,8,11H,5-7H2,2-3H3. The monoisotopic (exact) mass is 209 g/mol. The van der Waals surface area contributed by atoms with Crippen LogP contribution in [-0.4, -0.2) is 29.9 Å². The molecule has 0 aliphatic heterocycles. The van der Waals surface area contributed by atoms with Crippen molar-refractivity contribution >= 4 is 0 Å². The van der Waals surface area contributed by atoms with E-state index in [1.54, 1.807) is 7.11 Å². The van der Waals surface area contributed by atoms with Crippen molar-refractivity contribution in [3.8, 4) is 12.3 Å². The van der Waals surface area contributed by atoms with Gasteiger partial charge in [0.15, 0.2) is 5.82 Å². The maximum absolute atomic E-state index is 5.10. The van der Waals surface area contributed by atoms with E-state index < -0.39 is 0 Å². The Bertz CT molecular complexity index is 330. The Morgan fingerprint density at radius 2 is 2.47 bits per heavy atom. The van der Waals surface area contributed by atoms with Crippen molar-refractivity contribution in [2.24, 2.45) is 0 Å². The first-order chi connectivity index (χ1) is 7.26. The van der Waals surface area contributed by atoms with Crippen LogP contribution in [0.2, 0.25) is 0 Å². The molecule has 82 valence electrons. The maximum Gasteiger partial charge on any atom is 0.240 e. The first kappa shape index (κ1) is 11.7. The van der Waals surface area contributed by atoms with Crippen LogP contribution in [0.15, 0.2) is 4.52 Å². The molecule has 0 saturated heterocycles. The zero-order chi connectivity index (χ0) is 11.1. The molecular formula is C10H15N3O2. The fourth-order valence-corrected chi connectivity index (χ4v) is 1.03. The van der Waals surface area contributed by atoms with Crippen LogP contribution in [0.3, 0.4) is 0 Å². The third kappa shape index (κ3) is 4.11. The molecule has 1 atom stereocenters. The highest BCUT2D eigenvalue weighted by Crippen LogP contribution is 2.02. The Morgan fingerprint density at radius 1 is 1.67 bits per heavy atom. The van der Waals surface area contributed by atoms with Gasteiger partial charge in [-0.15, -0.1) is 6.42 Å². The summed E-state index contributed by atoms with van der Waals surface area (Å²) < 4.78 is 10.1. The molecule has 1 rings (SSSR count). The van der Waals surface area contributed by atoms with Crippen LogP contribution in [-0.2, 0) is 17.7 Å². The highest BCUT2D eigenvalue weighted by molar-refractivity contribution is 4.90. The van der Waals surface area contributed by atoms with Gasteiger partial charge in [0.05, 0.1) is 19.2 Å². The Kier molecular flexibility index (Phi) is 4.81. The van der Waals surface area contributed by atoms with Gasteiger partial charge in [-0.1, -0.05) is 11.1 Å². The lowest BCUT2D eigenvalue weighted by Gasteiger charge is -2.03. The molecule has 5 nitrogen and oxygen atoms in total. The number of ether oxygens (including phenoxy) is 1. The minimum atomic E-state index is 0.0918. The second-order valence-corrected chi connectivity index (χ2v) is 3.16. The molecule has 1 heterocycles. The summed E-state index contributed by atoms with van der Waals surface area (Å²) in [5.41, 5.74) is 0. The normalized spacial score (nSPS) is 12.3. The number of nitrogens with zero attached hydrogens (tertiary/aromatic N) is 2.